The van der Waals surface area contributed by atoms with Crippen molar-refractivity contribution in [3.8, 4) is 5.75 Å². The molecule has 7 nitrogen and oxygen atoms in total. The summed E-state index contributed by atoms with van der Waals surface area (Å²) in [6.45, 7) is 1.98. The first-order chi connectivity index (χ1) is 8.62. The molecule has 0 saturated heterocycles. The summed E-state index contributed by atoms with van der Waals surface area (Å²) >= 11 is 0. The third-order valence-corrected chi connectivity index (χ3v) is 2.12. The van der Waals surface area contributed by atoms with E-state index in [9.17, 15) is 4.79 Å². The normalized spacial score (nSPS) is 10.9. The summed E-state index contributed by atoms with van der Waals surface area (Å²) in [5.41, 5.74) is 6.36. The minimum atomic E-state index is -0.577. The Balaban J connectivity index is 2.97. The molecule has 1 aromatic rings. The van der Waals surface area contributed by atoms with E-state index in [1.54, 1.807) is 19.1 Å². The number of benzene rings is 1. The summed E-state index contributed by atoms with van der Waals surface area (Å²) in [7, 11) is 1.45. The second kappa shape index (κ2) is 6.33. The van der Waals surface area contributed by atoms with Crippen molar-refractivity contribution in [3.05, 3.63) is 23.8 Å². The Morgan fingerprint density at radius 2 is 2.28 bits per heavy atom. The van der Waals surface area contributed by atoms with Crippen LogP contribution in [0, 0.1) is 0 Å². The number of methoxy groups -OCH3 is 1. The first kappa shape index (κ1) is 13.6. The van der Waals surface area contributed by atoms with Gasteiger partial charge in [-0.1, -0.05) is 5.16 Å². The first-order valence-electron chi connectivity index (χ1n) is 5.22. The Bertz CT molecular complexity index is 460. The van der Waals surface area contributed by atoms with E-state index in [4.69, 9.17) is 20.4 Å². The van der Waals surface area contributed by atoms with Gasteiger partial charge in [0.1, 0.15) is 5.75 Å². The smallest absolute Gasteiger partial charge is 0.411 e. The zero-order valence-corrected chi connectivity index (χ0v) is 10.1. The van der Waals surface area contributed by atoms with Gasteiger partial charge in [-0.25, -0.2) is 4.79 Å². The molecule has 0 unspecified atom stereocenters. The molecule has 1 aromatic carbocycles. The topological polar surface area (TPSA) is 106 Å². The molecule has 0 radical (unpaired) electrons. The molecule has 18 heavy (non-hydrogen) atoms. The van der Waals surface area contributed by atoms with Crippen LogP contribution in [-0.4, -0.2) is 30.9 Å². The van der Waals surface area contributed by atoms with Gasteiger partial charge in [0.05, 0.1) is 19.4 Å². The fraction of sp³-hybridized carbons (Fsp3) is 0.273. The number of rotatable bonds is 4. The Morgan fingerprint density at radius 3 is 2.83 bits per heavy atom. The number of ether oxygens (including phenoxy) is 2. The molecule has 7 heteroatoms. The van der Waals surface area contributed by atoms with Crippen LogP contribution in [0.1, 0.15) is 12.5 Å². The van der Waals surface area contributed by atoms with Crippen molar-refractivity contribution < 1.29 is 19.5 Å². The maximum absolute atomic E-state index is 11.3. The first-order valence-corrected chi connectivity index (χ1v) is 5.22. The van der Waals surface area contributed by atoms with E-state index in [0.717, 1.165) is 0 Å². The van der Waals surface area contributed by atoms with Crippen LogP contribution in [0.5, 0.6) is 5.75 Å². The van der Waals surface area contributed by atoms with Crippen LogP contribution in [-0.2, 0) is 4.74 Å². The molecule has 0 aliphatic rings. The quantitative estimate of drug-likeness (QED) is 0.325. The van der Waals surface area contributed by atoms with Crippen molar-refractivity contribution in [3.63, 3.8) is 0 Å². The lowest BCUT2D eigenvalue weighted by atomic mass is 10.1. The zero-order valence-electron chi connectivity index (χ0n) is 10.1. The van der Waals surface area contributed by atoms with Crippen LogP contribution in [0.15, 0.2) is 23.4 Å². The molecular weight excluding hydrogens is 238 g/mol. The van der Waals surface area contributed by atoms with Gasteiger partial charge < -0.3 is 20.4 Å². The lowest BCUT2D eigenvalue weighted by Gasteiger charge is -2.11. The monoisotopic (exact) mass is 253 g/mol. The maximum atomic E-state index is 11.3. The van der Waals surface area contributed by atoms with E-state index in [-0.39, 0.29) is 12.4 Å². The predicted molar refractivity (Wildman–Crippen MR) is 66.1 cm³/mol. The van der Waals surface area contributed by atoms with Gasteiger partial charge in [-0.15, -0.1) is 0 Å². The molecule has 0 aliphatic heterocycles. The fourth-order valence-electron chi connectivity index (χ4n) is 1.29. The third kappa shape index (κ3) is 3.27. The van der Waals surface area contributed by atoms with Crippen molar-refractivity contribution >= 4 is 17.6 Å². The lowest BCUT2D eigenvalue weighted by molar-refractivity contribution is 0.168. The lowest BCUT2D eigenvalue weighted by Crippen LogP contribution is -2.16. The molecule has 0 heterocycles. The Morgan fingerprint density at radius 1 is 1.56 bits per heavy atom. The van der Waals surface area contributed by atoms with Crippen molar-refractivity contribution in [2.75, 3.05) is 19.0 Å². The van der Waals surface area contributed by atoms with Crippen molar-refractivity contribution in [1.82, 2.24) is 0 Å². The highest BCUT2D eigenvalue weighted by molar-refractivity contribution is 5.98. The molecule has 1 amide bonds. The maximum Gasteiger partial charge on any atom is 0.411 e. The number of anilines is 1. The highest BCUT2D eigenvalue weighted by Gasteiger charge is 2.10. The Hall–Kier alpha value is -2.44. The molecular formula is C11H15N3O4. The number of nitrogens with one attached hydrogen (secondary N) is 1. The SMILES string of the molecule is CCOC(=O)Nc1ccc(/C(N)=N/O)cc1OC. The van der Waals surface area contributed by atoms with Crippen molar-refractivity contribution in [2.45, 2.75) is 6.92 Å². The molecule has 0 aliphatic carbocycles. The average molecular weight is 253 g/mol. The fourth-order valence-corrected chi connectivity index (χ4v) is 1.29. The van der Waals surface area contributed by atoms with E-state index >= 15 is 0 Å². The molecule has 1 rings (SSSR count). The van der Waals surface area contributed by atoms with E-state index in [2.05, 4.69) is 10.5 Å². The van der Waals surface area contributed by atoms with Gasteiger partial charge in [0.2, 0.25) is 0 Å². The molecule has 0 saturated carbocycles. The summed E-state index contributed by atoms with van der Waals surface area (Å²) < 4.78 is 9.85. The summed E-state index contributed by atoms with van der Waals surface area (Å²) in [5.74, 6) is 0.336. The van der Waals surface area contributed by atoms with Gasteiger partial charge in [0.25, 0.3) is 0 Å². The third-order valence-electron chi connectivity index (χ3n) is 2.12. The van der Waals surface area contributed by atoms with E-state index in [0.29, 0.717) is 17.0 Å². The van der Waals surface area contributed by atoms with Gasteiger partial charge in [0.15, 0.2) is 5.84 Å². The number of amides is 1. The van der Waals surface area contributed by atoms with Gasteiger partial charge in [-0.3, -0.25) is 5.32 Å². The molecule has 0 atom stereocenters. The second-order valence-electron chi connectivity index (χ2n) is 3.25. The minimum absolute atomic E-state index is 0.0454. The number of hydrogen-bond acceptors (Lipinski definition) is 5. The van der Waals surface area contributed by atoms with Crippen LogP contribution < -0.4 is 15.8 Å². The number of nitrogens with two attached hydrogens (primary N) is 1. The number of carbonyl (C=O) groups is 1. The van der Waals surface area contributed by atoms with Crippen LogP contribution in [0.3, 0.4) is 0 Å². The molecule has 0 fully saturated rings. The van der Waals surface area contributed by atoms with Crippen LogP contribution in [0.4, 0.5) is 10.5 Å². The van der Waals surface area contributed by atoms with E-state index < -0.39 is 6.09 Å². The standard InChI is InChI=1S/C11H15N3O4/c1-3-18-11(15)13-8-5-4-7(10(12)14-16)6-9(8)17-2/h4-6,16H,3H2,1-2H3,(H2,12,14)(H,13,15). The number of nitrogens with zero attached hydrogens (tertiary/aromatic N) is 1. The highest BCUT2D eigenvalue weighted by atomic mass is 16.5. The van der Waals surface area contributed by atoms with E-state index in [1.807, 2.05) is 0 Å². The summed E-state index contributed by atoms with van der Waals surface area (Å²) in [6, 6.07) is 4.69. The highest BCUT2D eigenvalue weighted by Crippen LogP contribution is 2.25. The van der Waals surface area contributed by atoms with E-state index in [1.165, 1.54) is 13.2 Å². The molecule has 0 bridgehead atoms. The minimum Gasteiger partial charge on any atom is -0.495 e. The summed E-state index contributed by atoms with van der Waals surface area (Å²) in [5, 5.41) is 14.0. The Kier molecular flexibility index (Phi) is 4.79. The number of hydrogen-bond donors (Lipinski definition) is 3. The van der Waals surface area contributed by atoms with Crippen molar-refractivity contribution in [1.29, 1.82) is 0 Å². The second-order valence-corrected chi connectivity index (χ2v) is 3.25. The van der Waals surface area contributed by atoms with Crippen LogP contribution in [0.25, 0.3) is 0 Å². The van der Waals surface area contributed by atoms with Gasteiger partial charge in [0, 0.05) is 5.56 Å². The molecule has 0 aromatic heterocycles. The van der Waals surface area contributed by atoms with Gasteiger partial charge >= 0.3 is 6.09 Å². The summed E-state index contributed by atoms with van der Waals surface area (Å²) in [6.07, 6.45) is -0.577. The predicted octanol–water partition coefficient (Wildman–Crippen LogP) is 1.36. The van der Waals surface area contributed by atoms with Crippen molar-refractivity contribution in [2.24, 2.45) is 10.9 Å². The Labute approximate surface area is 104 Å². The molecule has 4 N–H and O–H groups in total. The molecule has 98 valence electrons. The zero-order chi connectivity index (χ0) is 13.5. The van der Waals surface area contributed by atoms with Gasteiger partial charge in [-0.2, -0.15) is 0 Å². The van der Waals surface area contributed by atoms with Crippen LogP contribution in [0.2, 0.25) is 0 Å². The molecule has 0 spiro atoms. The average Bonchev–Trinajstić information content (AvgIpc) is 2.38. The number of carbonyl (C=O) groups excluding carboxylic acids is 1. The largest absolute Gasteiger partial charge is 0.495 e. The summed E-state index contributed by atoms with van der Waals surface area (Å²) in [4.78, 5) is 11.3. The number of amidine groups is 1. The number of oxime groups is 1. The van der Waals surface area contributed by atoms with Gasteiger partial charge in [-0.05, 0) is 25.1 Å². The van der Waals surface area contributed by atoms with Crippen LogP contribution >= 0.6 is 0 Å².